The van der Waals surface area contributed by atoms with Crippen molar-refractivity contribution < 1.29 is 14.3 Å². The zero-order valence-corrected chi connectivity index (χ0v) is 15.6. The molecule has 7 heteroatoms. The van der Waals surface area contributed by atoms with Crippen molar-refractivity contribution in [3.8, 4) is 0 Å². The van der Waals surface area contributed by atoms with E-state index < -0.39 is 0 Å². The smallest absolute Gasteiger partial charge is 0.253 e. The number of carbonyl (C=O) groups is 2. The molecule has 3 N–H and O–H groups in total. The summed E-state index contributed by atoms with van der Waals surface area (Å²) in [6.07, 6.45) is 5.87. The van der Waals surface area contributed by atoms with Crippen LogP contribution in [0, 0.1) is 0 Å². The van der Waals surface area contributed by atoms with Crippen LogP contribution >= 0.6 is 11.6 Å². The molecule has 0 spiro atoms. The number of anilines is 1. The molecule has 26 heavy (non-hydrogen) atoms. The van der Waals surface area contributed by atoms with Crippen molar-refractivity contribution in [2.75, 3.05) is 25.1 Å². The normalized spacial score (nSPS) is 21.2. The highest BCUT2D eigenvalue weighted by Gasteiger charge is 2.20. The first-order chi connectivity index (χ1) is 12.6. The summed E-state index contributed by atoms with van der Waals surface area (Å²) in [7, 11) is 0. The van der Waals surface area contributed by atoms with Gasteiger partial charge >= 0.3 is 0 Å². The van der Waals surface area contributed by atoms with Gasteiger partial charge < -0.3 is 20.7 Å². The molecule has 2 aliphatic rings. The van der Waals surface area contributed by atoms with E-state index in [0.717, 1.165) is 32.2 Å². The Morgan fingerprint density at radius 2 is 2.04 bits per heavy atom. The van der Waals surface area contributed by atoms with E-state index in [-0.39, 0.29) is 23.9 Å². The minimum absolute atomic E-state index is 0.0186. The third-order valence-electron chi connectivity index (χ3n) is 4.87. The van der Waals surface area contributed by atoms with Crippen LogP contribution in [0.3, 0.4) is 0 Å². The second kappa shape index (κ2) is 9.35. The molecule has 2 amide bonds. The molecule has 0 radical (unpaired) electrons. The summed E-state index contributed by atoms with van der Waals surface area (Å²) < 4.78 is 5.36. The van der Waals surface area contributed by atoms with E-state index in [9.17, 15) is 9.59 Å². The zero-order valence-electron chi connectivity index (χ0n) is 14.9. The molecule has 1 atom stereocenters. The Balaban J connectivity index is 1.59. The maximum atomic E-state index is 12.6. The highest BCUT2D eigenvalue weighted by molar-refractivity contribution is 6.34. The van der Waals surface area contributed by atoms with Crippen molar-refractivity contribution in [3.05, 3.63) is 28.8 Å². The molecule has 1 unspecified atom stereocenters. The number of hydrogen-bond donors (Lipinski definition) is 3. The number of benzene rings is 1. The van der Waals surface area contributed by atoms with Crippen molar-refractivity contribution in [3.63, 3.8) is 0 Å². The minimum atomic E-state index is -0.180. The SMILES string of the molecule is O=C(CC1COCCN1)Nc1ccc(Cl)c(C(=O)NC2CCCCC2)c1. The van der Waals surface area contributed by atoms with Crippen LogP contribution in [-0.2, 0) is 9.53 Å². The summed E-state index contributed by atoms with van der Waals surface area (Å²) in [6.45, 7) is 1.96. The standard InChI is InChI=1S/C19H26ClN3O3/c20-17-7-6-14(22-18(24)11-15-12-26-9-8-21-15)10-16(17)19(25)23-13-4-2-1-3-5-13/h6-7,10,13,15,21H,1-5,8-9,11-12H2,(H,22,24)(H,23,25). The highest BCUT2D eigenvalue weighted by atomic mass is 35.5. The van der Waals surface area contributed by atoms with Crippen LogP contribution in [0.4, 0.5) is 5.69 Å². The largest absolute Gasteiger partial charge is 0.378 e. The van der Waals surface area contributed by atoms with Crippen molar-refractivity contribution in [2.24, 2.45) is 0 Å². The second-order valence-electron chi connectivity index (χ2n) is 6.98. The molecule has 1 aliphatic carbocycles. The molecule has 1 aromatic rings. The molecule has 0 bridgehead atoms. The van der Waals surface area contributed by atoms with E-state index in [1.807, 2.05) is 0 Å². The van der Waals surface area contributed by atoms with Crippen molar-refractivity contribution >= 4 is 29.1 Å². The van der Waals surface area contributed by atoms with Gasteiger partial charge in [0.2, 0.25) is 5.91 Å². The van der Waals surface area contributed by atoms with Gasteiger partial charge in [-0.2, -0.15) is 0 Å². The monoisotopic (exact) mass is 379 g/mol. The fraction of sp³-hybridized carbons (Fsp3) is 0.579. The lowest BCUT2D eigenvalue weighted by Crippen LogP contribution is -2.43. The van der Waals surface area contributed by atoms with E-state index in [1.165, 1.54) is 6.42 Å². The number of morpholine rings is 1. The summed E-state index contributed by atoms with van der Waals surface area (Å²) in [4.78, 5) is 24.8. The van der Waals surface area contributed by atoms with Gasteiger partial charge in [0.15, 0.2) is 0 Å². The molecule has 1 aliphatic heterocycles. The van der Waals surface area contributed by atoms with Crippen molar-refractivity contribution in [1.29, 1.82) is 0 Å². The van der Waals surface area contributed by atoms with Gasteiger partial charge in [0.05, 0.1) is 23.8 Å². The molecule has 1 saturated carbocycles. The Kier molecular flexibility index (Phi) is 6.88. The maximum absolute atomic E-state index is 12.6. The van der Waals surface area contributed by atoms with E-state index in [0.29, 0.717) is 35.9 Å². The third-order valence-corrected chi connectivity index (χ3v) is 5.19. The molecule has 142 valence electrons. The average Bonchev–Trinajstić information content (AvgIpc) is 2.65. The van der Waals surface area contributed by atoms with Gasteiger partial charge in [0, 0.05) is 30.7 Å². The Bertz CT molecular complexity index is 641. The van der Waals surface area contributed by atoms with Gasteiger partial charge in [-0.1, -0.05) is 30.9 Å². The van der Waals surface area contributed by atoms with Crippen molar-refractivity contribution in [2.45, 2.75) is 50.6 Å². The van der Waals surface area contributed by atoms with Crippen LogP contribution in [0.1, 0.15) is 48.9 Å². The molecule has 2 fully saturated rings. The summed E-state index contributed by atoms with van der Waals surface area (Å²) >= 11 is 6.20. The van der Waals surface area contributed by atoms with E-state index in [2.05, 4.69) is 16.0 Å². The molecule has 0 aromatic heterocycles. The summed E-state index contributed by atoms with van der Waals surface area (Å²) in [5.74, 6) is -0.297. The lowest BCUT2D eigenvalue weighted by atomic mass is 9.95. The predicted octanol–water partition coefficient (Wildman–Crippen LogP) is 2.72. The lowest BCUT2D eigenvalue weighted by molar-refractivity contribution is -0.117. The summed E-state index contributed by atoms with van der Waals surface area (Å²) in [5, 5.41) is 9.54. The zero-order chi connectivity index (χ0) is 18.4. The number of halogens is 1. The molecule has 3 rings (SSSR count). The number of nitrogens with one attached hydrogen (secondary N) is 3. The van der Waals surface area contributed by atoms with E-state index in [4.69, 9.17) is 16.3 Å². The van der Waals surface area contributed by atoms with Gasteiger partial charge in [0.25, 0.3) is 5.91 Å². The number of amides is 2. The molecule has 1 aromatic carbocycles. The second-order valence-corrected chi connectivity index (χ2v) is 7.39. The predicted molar refractivity (Wildman–Crippen MR) is 102 cm³/mol. The van der Waals surface area contributed by atoms with E-state index >= 15 is 0 Å². The van der Waals surface area contributed by atoms with Gasteiger partial charge in [-0.25, -0.2) is 0 Å². The van der Waals surface area contributed by atoms with Gasteiger partial charge in [-0.05, 0) is 31.0 Å². The Morgan fingerprint density at radius 1 is 1.23 bits per heavy atom. The first-order valence-electron chi connectivity index (χ1n) is 9.33. The topological polar surface area (TPSA) is 79.5 Å². The Labute approximate surface area is 159 Å². The van der Waals surface area contributed by atoms with Crippen LogP contribution in [0.15, 0.2) is 18.2 Å². The van der Waals surface area contributed by atoms with Crippen LogP contribution in [0.25, 0.3) is 0 Å². The fourth-order valence-electron chi connectivity index (χ4n) is 3.47. The lowest BCUT2D eigenvalue weighted by Gasteiger charge is -2.23. The molecular formula is C19H26ClN3O3. The Morgan fingerprint density at radius 3 is 2.77 bits per heavy atom. The molecule has 6 nitrogen and oxygen atoms in total. The number of hydrogen-bond acceptors (Lipinski definition) is 4. The van der Waals surface area contributed by atoms with Crippen LogP contribution in [0.5, 0.6) is 0 Å². The first-order valence-corrected chi connectivity index (χ1v) is 9.71. The first kappa shape index (κ1) is 19.1. The fourth-order valence-corrected chi connectivity index (χ4v) is 3.68. The quantitative estimate of drug-likeness (QED) is 0.735. The number of carbonyl (C=O) groups excluding carboxylic acids is 2. The van der Waals surface area contributed by atoms with E-state index in [1.54, 1.807) is 18.2 Å². The van der Waals surface area contributed by atoms with Crippen LogP contribution < -0.4 is 16.0 Å². The van der Waals surface area contributed by atoms with Gasteiger partial charge in [-0.3, -0.25) is 9.59 Å². The average molecular weight is 380 g/mol. The van der Waals surface area contributed by atoms with Gasteiger partial charge in [0.1, 0.15) is 0 Å². The number of ether oxygens (including phenoxy) is 1. The molecule has 1 heterocycles. The summed E-state index contributed by atoms with van der Waals surface area (Å²) in [6, 6.07) is 5.23. The van der Waals surface area contributed by atoms with Gasteiger partial charge in [-0.15, -0.1) is 0 Å². The third kappa shape index (κ3) is 5.43. The molecular weight excluding hydrogens is 354 g/mol. The molecule has 1 saturated heterocycles. The minimum Gasteiger partial charge on any atom is -0.378 e. The number of rotatable bonds is 5. The van der Waals surface area contributed by atoms with Crippen LogP contribution in [-0.4, -0.2) is 43.7 Å². The highest BCUT2D eigenvalue weighted by Crippen LogP contribution is 2.23. The Hall–Kier alpha value is -1.63. The van der Waals surface area contributed by atoms with Crippen LogP contribution in [0.2, 0.25) is 5.02 Å². The maximum Gasteiger partial charge on any atom is 0.253 e. The summed E-state index contributed by atoms with van der Waals surface area (Å²) in [5.41, 5.74) is 0.971. The van der Waals surface area contributed by atoms with Crippen molar-refractivity contribution in [1.82, 2.24) is 10.6 Å².